The zero-order chi connectivity index (χ0) is 14.5. The van der Waals surface area contributed by atoms with Crippen LogP contribution in [0.2, 0.25) is 0 Å². The second kappa shape index (κ2) is 6.85. The minimum atomic E-state index is -0.642. The quantitative estimate of drug-likeness (QED) is 0.725. The highest BCUT2D eigenvalue weighted by Crippen LogP contribution is 2.29. The highest BCUT2D eigenvalue weighted by Gasteiger charge is 2.10. The summed E-state index contributed by atoms with van der Waals surface area (Å²) < 4.78 is 19.3. The molecule has 0 heterocycles. The maximum absolute atomic E-state index is 13.4. The largest absolute Gasteiger partial charge is 0.444 e. The Balaban J connectivity index is 1.97. The number of amides is 1. The lowest BCUT2D eigenvalue weighted by molar-refractivity contribution is 0.155. The fourth-order valence-electron chi connectivity index (χ4n) is 1.49. The molecule has 104 valence electrons. The van der Waals surface area contributed by atoms with Crippen LogP contribution in [0.3, 0.4) is 0 Å². The van der Waals surface area contributed by atoms with Gasteiger partial charge in [0, 0.05) is 4.47 Å². The molecule has 0 radical (unpaired) electrons. The average Bonchev–Trinajstić information content (AvgIpc) is 2.44. The number of rotatable bonds is 3. The minimum Gasteiger partial charge on any atom is -0.444 e. The molecule has 0 aliphatic heterocycles. The Labute approximate surface area is 132 Å². The highest BCUT2D eigenvalue weighted by atomic mass is 79.9. The molecular formula is C14H10Br2FNO2. The summed E-state index contributed by atoms with van der Waals surface area (Å²) in [6.07, 6.45) is -0.642. The van der Waals surface area contributed by atoms with Crippen molar-refractivity contribution in [1.82, 2.24) is 0 Å². The van der Waals surface area contributed by atoms with Gasteiger partial charge in [-0.2, -0.15) is 0 Å². The molecule has 0 spiro atoms. The van der Waals surface area contributed by atoms with Gasteiger partial charge in [0.2, 0.25) is 0 Å². The maximum Gasteiger partial charge on any atom is 0.411 e. The van der Waals surface area contributed by atoms with Crippen molar-refractivity contribution in [3.8, 4) is 0 Å². The first-order valence-corrected chi connectivity index (χ1v) is 7.27. The summed E-state index contributed by atoms with van der Waals surface area (Å²) in [5, 5.41) is 2.48. The van der Waals surface area contributed by atoms with Crippen LogP contribution in [0.25, 0.3) is 0 Å². The Morgan fingerprint density at radius 1 is 1.15 bits per heavy atom. The second-order valence-corrected chi connectivity index (χ2v) is 5.64. The molecule has 3 nitrogen and oxygen atoms in total. The van der Waals surface area contributed by atoms with E-state index < -0.39 is 11.9 Å². The predicted octanol–water partition coefficient (Wildman–Crippen LogP) is 5.10. The molecule has 0 aromatic heterocycles. The first-order chi connectivity index (χ1) is 9.56. The van der Waals surface area contributed by atoms with E-state index in [9.17, 15) is 9.18 Å². The lowest BCUT2D eigenvalue weighted by Gasteiger charge is -2.09. The molecule has 2 aromatic rings. The molecule has 0 saturated heterocycles. The molecule has 0 atom stereocenters. The molecule has 0 unspecified atom stereocenters. The minimum absolute atomic E-state index is 0.156. The molecule has 0 saturated carbocycles. The number of hydrogen-bond acceptors (Lipinski definition) is 2. The SMILES string of the molecule is O=C(Nc1cc(F)c(Br)cc1Br)OCc1ccccc1. The summed E-state index contributed by atoms with van der Waals surface area (Å²) in [4.78, 5) is 11.6. The Morgan fingerprint density at radius 2 is 1.85 bits per heavy atom. The van der Waals surface area contributed by atoms with Crippen molar-refractivity contribution in [2.75, 3.05) is 5.32 Å². The molecule has 0 aliphatic carbocycles. The molecule has 1 amide bonds. The van der Waals surface area contributed by atoms with Crippen LogP contribution >= 0.6 is 31.9 Å². The number of nitrogens with one attached hydrogen (secondary N) is 1. The number of benzene rings is 2. The molecule has 0 fully saturated rings. The number of halogens is 3. The number of anilines is 1. The Kier molecular flexibility index (Phi) is 5.14. The summed E-state index contributed by atoms with van der Waals surface area (Å²) in [6, 6.07) is 12.0. The van der Waals surface area contributed by atoms with Gasteiger partial charge in [0.15, 0.2) is 0 Å². The number of hydrogen-bond donors (Lipinski definition) is 1. The fraction of sp³-hybridized carbons (Fsp3) is 0.0714. The summed E-state index contributed by atoms with van der Waals surface area (Å²) in [5.41, 5.74) is 1.19. The van der Waals surface area contributed by atoms with Gasteiger partial charge in [0.1, 0.15) is 12.4 Å². The van der Waals surface area contributed by atoms with Gasteiger partial charge in [0.25, 0.3) is 0 Å². The van der Waals surface area contributed by atoms with Crippen LogP contribution in [-0.4, -0.2) is 6.09 Å². The van der Waals surface area contributed by atoms with Crippen LogP contribution in [0.5, 0.6) is 0 Å². The number of carbonyl (C=O) groups excluding carboxylic acids is 1. The monoisotopic (exact) mass is 401 g/mol. The molecule has 2 rings (SSSR count). The van der Waals surface area contributed by atoms with Gasteiger partial charge in [-0.1, -0.05) is 30.3 Å². The van der Waals surface area contributed by atoms with Gasteiger partial charge in [-0.15, -0.1) is 0 Å². The summed E-state index contributed by atoms with van der Waals surface area (Å²) in [7, 11) is 0. The zero-order valence-electron chi connectivity index (χ0n) is 10.2. The third-order valence-corrected chi connectivity index (χ3v) is 3.72. The molecular weight excluding hydrogens is 393 g/mol. The van der Waals surface area contributed by atoms with Crippen LogP contribution in [0, 0.1) is 5.82 Å². The van der Waals surface area contributed by atoms with E-state index >= 15 is 0 Å². The normalized spacial score (nSPS) is 10.2. The average molecular weight is 403 g/mol. The van der Waals surface area contributed by atoms with Crippen molar-refractivity contribution in [2.24, 2.45) is 0 Å². The molecule has 6 heteroatoms. The Hall–Kier alpha value is -1.40. The Bertz CT molecular complexity index is 620. The van der Waals surface area contributed by atoms with Crippen LogP contribution in [0.1, 0.15) is 5.56 Å². The highest BCUT2D eigenvalue weighted by molar-refractivity contribution is 9.11. The van der Waals surface area contributed by atoms with E-state index in [0.29, 0.717) is 14.6 Å². The topological polar surface area (TPSA) is 38.3 Å². The van der Waals surface area contributed by atoms with E-state index in [1.165, 1.54) is 12.1 Å². The van der Waals surface area contributed by atoms with Crippen LogP contribution < -0.4 is 5.32 Å². The lowest BCUT2D eigenvalue weighted by Crippen LogP contribution is -2.14. The molecule has 0 bridgehead atoms. The van der Waals surface area contributed by atoms with Crippen molar-refractivity contribution < 1.29 is 13.9 Å². The maximum atomic E-state index is 13.4. The smallest absolute Gasteiger partial charge is 0.411 e. The van der Waals surface area contributed by atoms with E-state index in [4.69, 9.17) is 4.74 Å². The van der Waals surface area contributed by atoms with E-state index in [1.54, 1.807) is 0 Å². The third-order valence-electron chi connectivity index (χ3n) is 2.46. The number of ether oxygens (including phenoxy) is 1. The second-order valence-electron chi connectivity index (χ2n) is 3.93. The van der Waals surface area contributed by atoms with Crippen molar-refractivity contribution in [3.63, 3.8) is 0 Å². The standard InChI is InChI=1S/C14H10Br2FNO2/c15-10-6-11(16)13(7-12(10)17)18-14(19)20-8-9-4-2-1-3-5-9/h1-7H,8H2,(H,18,19). The zero-order valence-corrected chi connectivity index (χ0v) is 13.4. The van der Waals surface area contributed by atoms with E-state index in [0.717, 1.165) is 5.56 Å². The van der Waals surface area contributed by atoms with Crippen molar-refractivity contribution in [3.05, 3.63) is 62.8 Å². The van der Waals surface area contributed by atoms with Gasteiger partial charge in [-0.3, -0.25) is 5.32 Å². The van der Waals surface area contributed by atoms with Crippen LogP contribution in [-0.2, 0) is 11.3 Å². The van der Waals surface area contributed by atoms with Gasteiger partial charge in [-0.25, -0.2) is 9.18 Å². The van der Waals surface area contributed by atoms with Gasteiger partial charge >= 0.3 is 6.09 Å². The van der Waals surface area contributed by atoms with Crippen molar-refractivity contribution in [1.29, 1.82) is 0 Å². The Morgan fingerprint density at radius 3 is 2.55 bits per heavy atom. The van der Waals surface area contributed by atoms with E-state index in [1.807, 2.05) is 30.3 Å². The van der Waals surface area contributed by atoms with E-state index in [2.05, 4.69) is 37.2 Å². The number of carbonyl (C=O) groups is 1. The molecule has 20 heavy (non-hydrogen) atoms. The van der Waals surface area contributed by atoms with Gasteiger partial charge in [-0.05, 0) is 49.6 Å². The van der Waals surface area contributed by atoms with E-state index in [-0.39, 0.29) is 6.61 Å². The van der Waals surface area contributed by atoms with Crippen molar-refractivity contribution >= 4 is 43.6 Å². The van der Waals surface area contributed by atoms with Crippen molar-refractivity contribution in [2.45, 2.75) is 6.61 Å². The summed E-state index contributed by atoms with van der Waals surface area (Å²) in [6.45, 7) is 0.156. The van der Waals surface area contributed by atoms with Crippen LogP contribution in [0.4, 0.5) is 14.9 Å². The van der Waals surface area contributed by atoms with Gasteiger partial charge < -0.3 is 4.74 Å². The summed E-state index contributed by atoms with van der Waals surface area (Å²) in [5.74, 6) is -0.466. The van der Waals surface area contributed by atoms with Crippen LogP contribution in [0.15, 0.2) is 51.4 Å². The summed E-state index contributed by atoms with van der Waals surface area (Å²) >= 11 is 6.30. The lowest BCUT2D eigenvalue weighted by atomic mass is 10.2. The first kappa shape index (κ1) is 15.0. The van der Waals surface area contributed by atoms with Gasteiger partial charge in [0.05, 0.1) is 10.2 Å². The fourth-order valence-corrected chi connectivity index (χ4v) is 2.58. The predicted molar refractivity (Wildman–Crippen MR) is 82.0 cm³/mol. The first-order valence-electron chi connectivity index (χ1n) is 5.68. The third kappa shape index (κ3) is 4.05. The molecule has 2 aromatic carbocycles. The molecule has 1 N–H and O–H groups in total. The molecule has 0 aliphatic rings.